The lowest BCUT2D eigenvalue weighted by Crippen LogP contribution is -2.47. The second-order valence-electron chi connectivity index (χ2n) is 5.41. The van der Waals surface area contributed by atoms with Crippen LogP contribution in [0.2, 0.25) is 0 Å². The number of nitrogens with zero attached hydrogens (tertiary/aromatic N) is 2. The van der Waals surface area contributed by atoms with Gasteiger partial charge in [0.05, 0.1) is 13.2 Å². The van der Waals surface area contributed by atoms with E-state index in [0.29, 0.717) is 25.5 Å². The quantitative estimate of drug-likeness (QED) is 0.791. The predicted molar refractivity (Wildman–Crippen MR) is 71.5 cm³/mol. The normalized spacial score (nSPS) is 21.1. The summed E-state index contributed by atoms with van der Waals surface area (Å²) in [6.45, 7) is 1.62. The number of hydrogen-bond acceptors (Lipinski definition) is 3. The Labute approximate surface area is 118 Å². The van der Waals surface area contributed by atoms with E-state index in [4.69, 9.17) is 4.74 Å². The summed E-state index contributed by atoms with van der Waals surface area (Å²) in [5.74, 6) is 0.398. The number of halogens is 2. The number of amides is 1. The average Bonchev–Trinajstić information content (AvgIpc) is 2.47. The zero-order valence-corrected chi connectivity index (χ0v) is 11.9. The third kappa shape index (κ3) is 3.91. The van der Waals surface area contributed by atoms with Crippen LogP contribution in [0.25, 0.3) is 0 Å². The lowest BCUT2D eigenvalue weighted by Gasteiger charge is -2.37. The van der Waals surface area contributed by atoms with E-state index in [9.17, 15) is 13.6 Å². The van der Waals surface area contributed by atoms with E-state index in [2.05, 4.69) is 0 Å². The second-order valence-corrected chi connectivity index (χ2v) is 5.41. The number of carbonyl (C=O) groups is 1. The highest BCUT2D eigenvalue weighted by molar-refractivity contribution is 5.91. The zero-order chi connectivity index (χ0) is 14.5. The third-order valence-electron chi connectivity index (χ3n) is 3.95. The van der Waals surface area contributed by atoms with Crippen LogP contribution in [0.1, 0.15) is 25.7 Å². The molecule has 1 saturated heterocycles. The SMILES string of the molecule is CN(CC(F)F)C1CCN(C(=O)C2=CCCCO2)CC1. The summed E-state index contributed by atoms with van der Waals surface area (Å²) in [7, 11) is 1.72. The first-order valence-electron chi connectivity index (χ1n) is 7.18. The Morgan fingerprint density at radius 1 is 1.50 bits per heavy atom. The minimum absolute atomic E-state index is 0.0559. The molecule has 0 N–H and O–H groups in total. The molecule has 0 unspecified atom stereocenters. The maximum atomic E-state index is 12.4. The molecule has 114 valence electrons. The summed E-state index contributed by atoms with van der Waals surface area (Å²) in [4.78, 5) is 15.7. The van der Waals surface area contributed by atoms with Crippen LogP contribution in [0.15, 0.2) is 11.8 Å². The third-order valence-corrected chi connectivity index (χ3v) is 3.95. The molecular formula is C14H22F2N2O2. The molecule has 1 fully saturated rings. The van der Waals surface area contributed by atoms with Crippen molar-refractivity contribution in [1.29, 1.82) is 0 Å². The van der Waals surface area contributed by atoms with Crippen LogP contribution in [0, 0.1) is 0 Å². The molecule has 0 radical (unpaired) electrons. The number of alkyl halides is 2. The number of ether oxygens (including phenoxy) is 1. The van der Waals surface area contributed by atoms with E-state index in [1.165, 1.54) is 0 Å². The number of piperidine rings is 1. The van der Waals surface area contributed by atoms with E-state index in [0.717, 1.165) is 25.7 Å². The van der Waals surface area contributed by atoms with Gasteiger partial charge in [0.25, 0.3) is 12.3 Å². The molecule has 0 aliphatic carbocycles. The maximum Gasteiger partial charge on any atom is 0.288 e. The Hall–Kier alpha value is -1.17. The fourth-order valence-corrected chi connectivity index (χ4v) is 2.74. The van der Waals surface area contributed by atoms with Crippen molar-refractivity contribution >= 4 is 5.91 Å². The topological polar surface area (TPSA) is 32.8 Å². The fraction of sp³-hybridized carbons (Fsp3) is 0.786. The van der Waals surface area contributed by atoms with E-state index in [1.54, 1.807) is 16.8 Å². The van der Waals surface area contributed by atoms with Gasteiger partial charge in [0.1, 0.15) is 0 Å². The van der Waals surface area contributed by atoms with Crippen LogP contribution in [-0.2, 0) is 9.53 Å². The predicted octanol–water partition coefficient (Wildman–Crippen LogP) is 1.87. The van der Waals surface area contributed by atoms with Crippen LogP contribution in [0.5, 0.6) is 0 Å². The second kappa shape index (κ2) is 7.02. The standard InChI is InChI=1S/C14H22F2N2O2/c1-17(10-13(15)16)11-5-7-18(8-6-11)14(19)12-4-2-3-9-20-12/h4,11,13H,2-3,5-10H2,1H3. The first-order chi connectivity index (χ1) is 9.58. The highest BCUT2D eigenvalue weighted by Gasteiger charge is 2.28. The van der Waals surface area contributed by atoms with E-state index in [-0.39, 0.29) is 18.5 Å². The summed E-state index contributed by atoms with van der Waals surface area (Å²) in [6, 6.07) is 0.134. The molecule has 0 bridgehead atoms. The molecule has 0 aromatic carbocycles. The molecule has 20 heavy (non-hydrogen) atoms. The Bertz CT molecular complexity index is 366. The van der Waals surface area contributed by atoms with Crippen molar-refractivity contribution in [1.82, 2.24) is 9.80 Å². The molecule has 2 aliphatic heterocycles. The van der Waals surface area contributed by atoms with Crippen molar-refractivity contribution in [3.8, 4) is 0 Å². The summed E-state index contributed by atoms with van der Waals surface area (Å²) < 4.78 is 30.1. The van der Waals surface area contributed by atoms with Gasteiger partial charge >= 0.3 is 0 Å². The van der Waals surface area contributed by atoms with Gasteiger partial charge in [0, 0.05) is 19.1 Å². The van der Waals surface area contributed by atoms with Crippen LogP contribution >= 0.6 is 0 Å². The van der Waals surface area contributed by atoms with Gasteiger partial charge in [-0.15, -0.1) is 0 Å². The summed E-state index contributed by atoms with van der Waals surface area (Å²) >= 11 is 0. The zero-order valence-electron chi connectivity index (χ0n) is 11.9. The first-order valence-corrected chi connectivity index (χ1v) is 7.18. The Kier molecular flexibility index (Phi) is 5.34. The molecular weight excluding hydrogens is 266 g/mol. The van der Waals surface area contributed by atoms with Gasteiger partial charge in [0.15, 0.2) is 5.76 Å². The van der Waals surface area contributed by atoms with Crippen LogP contribution in [-0.4, -0.2) is 61.5 Å². The van der Waals surface area contributed by atoms with Gasteiger partial charge in [-0.05, 0) is 38.8 Å². The lowest BCUT2D eigenvalue weighted by atomic mass is 10.0. The Balaban J connectivity index is 1.81. The van der Waals surface area contributed by atoms with Crippen molar-refractivity contribution in [3.05, 3.63) is 11.8 Å². The minimum Gasteiger partial charge on any atom is -0.488 e. The molecule has 0 aromatic heterocycles. The van der Waals surface area contributed by atoms with Gasteiger partial charge in [-0.3, -0.25) is 9.69 Å². The molecule has 0 aromatic rings. The van der Waals surface area contributed by atoms with E-state index >= 15 is 0 Å². The Morgan fingerprint density at radius 2 is 2.20 bits per heavy atom. The van der Waals surface area contributed by atoms with Crippen molar-refractivity contribution in [2.75, 3.05) is 33.3 Å². The van der Waals surface area contributed by atoms with E-state index in [1.807, 2.05) is 6.08 Å². The van der Waals surface area contributed by atoms with Crippen molar-refractivity contribution < 1.29 is 18.3 Å². The molecule has 6 heteroatoms. The number of likely N-dealkylation sites (tertiary alicyclic amines) is 1. The van der Waals surface area contributed by atoms with Gasteiger partial charge in [-0.2, -0.15) is 0 Å². The van der Waals surface area contributed by atoms with Gasteiger partial charge in [0.2, 0.25) is 0 Å². The minimum atomic E-state index is -2.31. The fourth-order valence-electron chi connectivity index (χ4n) is 2.74. The first kappa shape index (κ1) is 15.2. The van der Waals surface area contributed by atoms with Gasteiger partial charge in [-0.25, -0.2) is 8.78 Å². The highest BCUT2D eigenvalue weighted by Crippen LogP contribution is 2.20. The average molecular weight is 288 g/mol. The van der Waals surface area contributed by atoms with Crippen LogP contribution < -0.4 is 0 Å². The highest BCUT2D eigenvalue weighted by atomic mass is 19.3. The summed E-state index contributed by atoms with van der Waals surface area (Å²) in [6.07, 6.45) is 2.86. The number of rotatable bonds is 4. The smallest absolute Gasteiger partial charge is 0.288 e. The van der Waals surface area contributed by atoms with Crippen LogP contribution in [0.3, 0.4) is 0 Å². The van der Waals surface area contributed by atoms with Crippen LogP contribution in [0.4, 0.5) is 8.78 Å². The molecule has 0 saturated carbocycles. The number of hydrogen-bond donors (Lipinski definition) is 0. The summed E-state index contributed by atoms with van der Waals surface area (Å²) in [5.41, 5.74) is 0. The molecule has 0 atom stereocenters. The van der Waals surface area contributed by atoms with Gasteiger partial charge < -0.3 is 9.64 Å². The largest absolute Gasteiger partial charge is 0.488 e. The lowest BCUT2D eigenvalue weighted by molar-refractivity contribution is -0.132. The number of allylic oxidation sites excluding steroid dienone is 1. The molecule has 2 heterocycles. The molecule has 1 amide bonds. The molecule has 2 aliphatic rings. The molecule has 4 nitrogen and oxygen atoms in total. The van der Waals surface area contributed by atoms with Crippen molar-refractivity contribution in [2.24, 2.45) is 0 Å². The van der Waals surface area contributed by atoms with E-state index < -0.39 is 6.43 Å². The monoisotopic (exact) mass is 288 g/mol. The van der Waals surface area contributed by atoms with Crippen molar-refractivity contribution in [3.63, 3.8) is 0 Å². The van der Waals surface area contributed by atoms with Gasteiger partial charge in [-0.1, -0.05) is 0 Å². The summed E-state index contributed by atoms with van der Waals surface area (Å²) in [5, 5.41) is 0. The molecule has 0 spiro atoms. The maximum absolute atomic E-state index is 12.4. The van der Waals surface area contributed by atoms with Crippen molar-refractivity contribution in [2.45, 2.75) is 38.2 Å². The number of carbonyl (C=O) groups excluding carboxylic acids is 1. The Morgan fingerprint density at radius 3 is 2.75 bits per heavy atom. The molecule has 2 rings (SSSR count).